The molecular weight excluding hydrogens is 134 g/mol. The van der Waals surface area contributed by atoms with Gasteiger partial charge in [0.25, 0.3) is 0 Å². The molecule has 0 bridgehead atoms. The molecule has 0 spiro atoms. The fourth-order valence-electron chi connectivity index (χ4n) is 1.72. The van der Waals surface area contributed by atoms with E-state index < -0.39 is 0 Å². The predicted octanol–water partition coefficient (Wildman–Crippen LogP) is 2.50. The van der Waals surface area contributed by atoms with Gasteiger partial charge in [-0.25, -0.2) is 0 Å². The van der Waals surface area contributed by atoms with E-state index in [9.17, 15) is 0 Å². The molecule has 2 rings (SSSR count). The van der Waals surface area contributed by atoms with Crippen molar-refractivity contribution in [2.45, 2.75) is 26.2 Å². The second-order valence-corrected chi connectivity index (χ2v) is 3.13. The van der Waals surface area contributed by atoms with E-state index in [1.54, 1.807) is 0 Å². The molecule has 57 valence electrons. The van der Waals surface area contributed by atoms with Crippen LogP contribution in [0.15, 0.2) is 35.2 Å². The monoisotopic (exact) mass is 146 g/mol. The highest BCUT2D eigenvalue weighted by Gasteiger charge is 2.15. The SMILES string of the molecule is CC1=C(C2=CC=C[N]2)CCC1. The Bertz CT molecular complexity index is 256. The zero-order valence-electron chi connectivity index (χ0n) is 6.80. The Morgan fingerprint density at radius 2 is 2.27 bits per heavy atom. The third kappa shape index (κ3) is 1.11. The minimum Gasteiger partial charge on any atom is -0.257 e. The molecule has 0 amide bonds. The summed E-state index contributed by atoms with van der Waals surface area (Å²) in [5.41, 5.74) is 4.21. The molecular formula is C10H12N. The highest BCUT2D eigenvalue weighted by Crippen LogP contribution is 2.31. The summed E-state index contributed by atoms with van der Waals surface area (Å²) in [4.78, 5) is 0. The minimum atomic E-state index is 1.19. The van der Waals surface area contributed by atoms with Gasteiger partial charge in [-0.2, -0.15) is 0 Å². The normalized spacial score (nSPS) is 22.5. The smallest absolute Gasteiger partial charge is 0.0661 e. The zero-order valence-corrected chi connectivity index (χ0v) is 6.80. The summed E-state index contributed by atoms with van der Waals surface area (Å²) < 4.78 is 0. The van der Waals surface area contributed by atoms with Crippen LogP contribution in [0.4, 0.5) is 0 Å². The number of nitrogens with zero attached hydrogens (tertiary/aromatic N) is 1. The maximum Gasteiger partial charge on any atom is 0.0661 e. The average molecular weight is 146 g/mol. The molecule has 1 radical (unpaired) electrons. The van der Waals surface area contributed by atoms with Crippen LogP contribution in [0.2, 0.25) is 0 Å². The summed E-state index contributed by atoms with van der Waals surface area (Å²) in [6.45, 7) is 2.22. The standard InChI is InChI=1S/C10H12N/c1-8-4-2-5-9(8)10-6-3-7-11-10/h3,6-7H,2,4-5H2,1H3. The molecule has 2 aliphatic rings. The first-order valence-electron chi connectivity index (χ1n) is 4.14. The number of hydrogen-bond donors (Lipinski definition) is 0. The summed E-state index contributed by atoms with van der Waals surface area (Å²) >= 11 is 0. The lowest BCUT2D eigenvalue weighted by Gasteiger charge is -2.02. The molecule has 0 fully saturated rings. The fourth-order valence-corrected chi connectivity index (χ4v) is 1.72. The van der Waals surface area contributed by atoms with E-state index >= 15 is 0 Å². The van der Waals surface area contributed by atoms with Gasteiger partial charge in [0.1, 0.15) is 0 Å². The number of rotatable bonds is 1. The molecule has 1 aliphatic carbocycles. The van der Waals surface area contributed by atoms with Crippen molar-refractivity contribution in [3.63, 3.8) is 0 Å². The average Bonchev–Trinajstić information content (AvgIpc) is 2.55. The Kier molecular flexibility index (Phi) is 1.57. The van der Waals surface area contributed by atoms with Crippen molar-refractivity contribution in [3.8, 4) is 0 Å². The van der Waals surface area contributed by atoms with E-state index in [0.717, 1.165) is 0 Å². The van der Waals surface area contributed by atoms with Gasteiger partial charge >= 0.3 is 0 Å². The van der Waals surface area contributed by atoms with E-state index in [4.69, 9.17) is 0 Å². The van der Waals surface area contributed by atoms with Crippen LogP contribution < -0.4 is 5.32 Å². The van der Waals surface area contributed by atoms with Gasteiger partial charge in [0, 0.05) is 6.20 Å². The van der Waals surface area contributed by atoms with Gasteiger partial charge in [-0.05, 0) is 43.9 Å². The van der Waals surface area contributed by atoms with E-state index in [-0.39, 0.29) is 0 Å². The molecule has 1 heterocycles. The lowest BCUT2D eigenvalue weighted by Crippen LogP contribution is -1.95. The van der Waals surface area contributed by atoms with Crippen LogP contribution >= 0.6 is 0 Å². The van der Waals surface area contributed by atoms with Crippen LogP contribution in [-0.2, 0) is 0 Å². The molecule has 0 unspecified atom stereocenters. The van der Waals surface area contributed by atoms with E-state index in [2.05, 4.69) is 18.3 Å². The van der Waals surface area contributed by atoms with E-state index in [0.29, 0.717) is 0 Å². The molecule has 11 heavy (non-hydrogen) atoms. The minimum absolute atomic E-state index is 1.19. The van der Waals surface area contributed by atoms with Gasteiger partial charge < -0.3 is 0 Å². The van der Waals surface area contributed by atoms with Crippen molar-refractivity contribution < 1.29 is 0 Å². The van der Waals surface area contributed by atoms with Crippen LogP contribution in [0.5, 0.6) is 0 Å². The van der Waals surface area contributed by atoms with Crippen LogP contribution in [0.25, 0.3) is 0 Å². The molecule has 1 nitrogen and oxygen atoms in total. The second kappa shape index (κ2) is 2.57. The van der Waals surface area contributed by atoms with Crippen molar-refractivity contribution in [1.82, 2.24) is 5.32 Å². The molecule has 0 aromatic rings. The van der Waals surface area contributed by atoms with Crippen LogP contribution in [-0.4, -0.2) is 0 Å². The van der Waals surface area contributed by atoms with Gasteiger partial charge in [-0.1, -0.05) is 5.57 Å². The molecule has 0 aromatic heterocycles. The maximum atomic E-state index is 4.29. The highest BCUT2D eigenvalue weighted by molar-refractivity contribution is 5.41. The van der Waals surface area contributed by atoms with E-state index in [1.165, 1.54) is 36.1 Å². The Morgan fingerprint density at radius 3 is 2.82 bits per heavy atom. The quantitative estimate of drug-likeness (QED) is 0.539. The predicted molar refractivity (Wildman–Crippen MR) is 45.9 cm³/mol. The van der Waals surface area contributed by atoms with Crippen LogP contribution in [0, 0.1) is 0 Å². The lowest BCUT2D eigenvalue weighted by molar-refractivity contribution is 0.886. The summed E-state index contributed by atoms with van der Waals surface area (Å²) in [6.07, 6.45) is 9.78. The topological polar surface area (TPSA) is 14.1 Å². The Morgan fingerprint density at radius 1 is 1.36 bits per heavy atom. The molecule has 0 saturated heterocycles. The lowest BCUT2D eigenvalue weighted by atomic mass is 10.1. The van der Waals surface area contributed by atoms with Crippen LogP contribution in [0.3, 0.4) is 0 Å². The molecule has 0 N–H and O–H groups in total. The largest absolute Gasteiger partial charge is 0.257 e. The van der Waals surface area contributed by atoms with E-state index in [1.807, 2.05) is 12.3 Å². The molecule has 1 aliphatic heterocycles. The van der Waals surface area contributed by atoms with Crippen molar-refractivity contribution in [2.24, 2.45) is 0 Å². The summed E-state index contributed by atoms with van der Waals surface area (Å²) in [5, 5.41) is 4.29. The highest BCUT2D eigenvalue weighted by atomic mass is 14.9. The summed E-state index contributed by atoms with van der Waals surface area (Å²) in [5.74, 6) is 0. The first-order valence-corrected chi connectivity index (χ1v) is 4.14. The van der Waals surface area contributed by atoms with Gasteiger partial charge in [-0.3, -0.25) is 5.32 Å². The molecule has 1 heteroatoms. The third-order valence-electron chi connectivity index (χ3n) is 2.36. The fraction of sp³-hybridized carbons (Fsp3) is 0.400. The maximum absolute atomic E-state index is 4.29. The second-order valence-electron chi connectivity index (χ2n) is 3.13. The van der Waals surface area contributed by atoms with Crippen molar-refractivity contribution in [3.05, 3.63) is 35.2 Å². The van der Waals surface area contributed by atoms with Gasteiger partial charge in [-0.15, -0.1) is 0 Å². The first-order chi connectivity index (χ1) is 5.38. The van der Waals surface area contributed by atoms with Gasteiger partial charge in [0.15, 0.2) is 0 Å². The first kappa shape index (κ1) is 6.71. The Hall–Kier alpha value is -0.980. The third-order valence-corrected chi connectivity index (χ3v) is 2.36. The zero-order chi connectivity index (χ0) is 7.68. The van der Waals surface area contributed by atoms with Crippen LogP contribution in [0.1, 0.15) is 26.2 Å². The molecule has 0 atom stereocenters. The number of allylic oxidation sites excluding steroid dienone is 4. The van der Waals surface area contributed by atoms with Gasteiger partial charge in [0.2, 0.25) is 0 Å². The van der Waals surface area contributed by atoms with Crippen molar-refractivity contribution in [1.29, 1.82) is 0 Å². The van der Waals surface area contributed by atoms with Gasteiger partial charge in [0.05, 0.1) is 5.70 Å². The Labute approximate surface area is 67.5 Å². The Balaban J connectivity index is 2.22. The van der Waals surface area contributed by atoms with Crippen molar-refractivity contribution in [2.75, 3.05) is 0 Å². The molecule has 0 aromatic carbocycles. The summed E-state index contributed by atoms with van der Waals surface area (Å²) in [6, 6.07) is 0. The van der Waals surface area contributed by atoms with Crippen molar-refractivity contribution >= 4 is 0 Å². The molecule has 0 saturated carbocycles. The number of hydrogen-bond acceptors (Lipinski definition) is 0. The summed E-state index contributed by atoms with van der Waals surface area (Å²) in [7, 11) is 0.